The summed E-state index contributed by atoms with van der Waals surface area (Å²) in [6.45, 7) is 7.09. The van der Waals surface area contributed by atoms with Gasteiger partial charge in [-0.2, -0.15) is 10.4 Å². The number of carbonyl (C=O) groups is 2. The van der Waals surface area contributed by atoms with E-state index in [0.717, 1.165) is 6.42 Å². The van der Waals surface area contributed by atoms with Crippen molar-refractivity contribution in [2.75, 3.05) is 6.61 Å². The first-order chi connectivity index (χ1) is 12.3. The molecule has 0 aromatic carbocycles. The smallest absolute Gasteiger partial charge is 0.362 e. The molecule has 0 radical (unpaired) electrons. The van der Waals surface area contributed by atoms with Crippen LogP contribution in [0, 0.1) is 23.2 Å². The Balaban J connectivity index is 2.92. The molecule has 138 valence electrons. The van der Waals surface area contributed by atoms with Gasteiger partial charge in [0.05, 0.1) is 18.4 Å². The van der Waals surface area contributed by atoms with Gasteiger partial charge in [0.1, 0.15) is 0 Å². The lowest BCUT2D eigenvalue weighted by atomic mass is 10.0. The Labute approximate surface area is 154 Å². The zero-order chi connectivity index (χ0) is 19.5. The van der Waals surface area contributed by atoms with Crippen LogP contribution < -0.4 is 0 Å². The molecular weight excluding hydrogens is 330 g/mol. The molecule has 1 atom stereocenters. The number of carbonyl (C=O) groups excluding carboxylic acids is 2. The van der Waals surface area contributed by atoms with Crippen molar-refractivity contribution in [2.24, 2.45) is 22.0 Å². The van der Waals surface area contributed by atoms with Gasteiger partial charge >= 0.3 is 5.97 Å². The number of Topliss-reactive ketones (excluding diaryl/α,β-unsaturated/α-hetero) is 1. The Morgan fingerprint density at radius 2 is 2.04 bits per heavy atom. The molecule has 0 saturated carbocycles. The number of esters is 1. The number of ether oxygens (including phenoxy) is 1. The molecule has 0 aromatic rings. The van der Waals surface area contributed by atoms with Crippen LogP contribution in [0.2, 0.25) is 0 Å². The molecule has 6 nitrogen and oxygen atoms in total. The summed E-state index contributed by atoms with van der Waals surface area (Å²) < 4.78 is 5.21. The van der Waals surface area contributed by atoms with Crippen molar-refractivity contribution >= 4 is 23.2 Å². The highest BCUT2D eigenvalue weighted by molar-refractivity contribution is 6.64. The van der Waals surface area contributed by atoms with Crippen LogP contribution in [0.25, 0.3) is 0 Å². The van der Waals surface area contributed by atoms with Crippen LogP contribution in [-0.2, 0) is 14.3 Å². The summed E-state index contributed by atoms with van der Waals surface area (Å²) in [6.07, 6.45) is 10.7. The normalized spacial score (nSPS) is 18.0. The summed E-state index contributed by atoms with van der Waals surface area (Å²) in [5.74, 6) is -0.916. The predicted octanol–water partition coefficient (Wildman–Crippen LogP) is 3.56. The highest BCUT2D eigenvalue weighted by Gasteiger charge is 2.20. The van der Waals surface area contributed by atoms with Gasteiger partial charge in [-0.05, 0) is 31.8 Å². The van der Waals surface area contributed by atoms with Crippen LogP contribution in [0.4, 0.5) is 0 Å². The molecular formula is C20H25N3O3. The molecule has 0 spiro atoms. The van der Waals surface area contributed by atoms with E-state index in [-0.39, 0.29) is 24.2 Å². The highest BCUT2D eigenvalue weighted by atomic mass is 16.5. The lowest BCUT2D eigenvalue weighted by Gasteiger charge is -2.13. The summed E-state index contributed by atoms with van der Waals surface area (Å²) in [5.41, 5.74) is 0.666. The molecule has 0 saturated heterocycles. The van der Waals surface area contributed by atoms with Gasteiger partial charge in [0.25, 0.3) is 0 Å². The zero-order valence-electron chi connectivity index (χ0n) is 15.7. The maximum Gasteiger partial charge on any atom is 0.362 e. The Hall–Kier alpha value is -2.81. The Bertz CT molecular complexity index is 719. The molecule has 1 aliphatic carbocycles. The molecule has 0 aliphatic heterocycles. The number of nitriles is 1. The van der Waals surface area contributed by atoms with E-state index in [4.69, 9.17) is 10.00 Å². The molecule has 0 amide bonds. The quantitative estimate of drug-likeness (QED) is 0.219. The summed E-state index contributed by atoms with van der Waals surface area (Å²) in [4.78, 5) is 23.9. The van der Waals surface area contributed by atoms with Gasteiger partial charge in [-0.3, -0.25) is 4.79 Å². The predicted molar refractivity (Wildman–Crippen MR) is 102 cm³/mol. The number of nitrogens with zero attached hydrogens (tertiary/aromatic N) is 3. The van der Waals surface area contributed by atoms with Gasteiger partial charge in [-0.1, -0.05) is 38.2 Å². The third kappa shape index (κ3) is 7.84. The average Bonchev–Trinajstić information content (AvgIpc) is 2.59. The minimum absolute atomic E-state index is 0.0957. The number of rotatable bonds is 8. The van der Waals surface area contributed by atoms with E-state index in [0.29, 0.717) is 17.7 Å². The molecule has 6 heteroatoms. The third-order valence-corrected chi connectivity index (χ3v) is 3.48. The van der Waals surface area contributed by atoms with Crippen molar-refractivity contribution in [1.29, 1.82) is 5.26 Å². The molecule has 0 aromatic heterocycles. The molecule has 0 N–H and O–H groups in total. The van der Waals surface area contributed by atoms with Crippen LogP contribution in [0.1, 0.15) is 40.5 Å². The van der Waals surface area contributed by atoms with Crippen LogP contribution in [0.15, 0.2) is 46.2 Å². The van der Waals surface area contributed by atoms with Crippen LogP contribution in [-0.4, -0.2) is 29.8 Å². The summed E-state index contributed by atoms with van der Waals surface area (Å²) in [6, 6.07) is 2.02. The first-order valence-electron chi connectivity index (χ1n) is 8.57. The number of ketones is 1. The van der Waals surface area contributed by atoms with Gasteiger partial charge in [-0.15, -0.1) is 5.10 Å². The molecule has 0 fully saturated rings. The van der Waals surface area contributed by atoms with E-state index in [9.17, 15) is 9.59 Å². The Morgan fingerprint density at radius 1 is 1.31 bits per heavy atom. The van der Waals surface area contributed by atoms with Crippen molar-refractivity contribution in [3.05, 3.63) is 36.0 Å². The lowest BCUT2D eigenvalue weighted by molar-refractivity contribution is -0.137. The molecule has 1 aliphatic rings. The van der Waals surface area contributed by atoms with Crippen molar-refractivity contribution in [2.45, 2.75) is 40.5 Å². The number of hydrogen-bond acceptors (Lipinski definition) is 6. The minimum atomic E-state index is -0.783. The molecule has 0 heterocycles. The molecule has 1 unspecified atom stereocenters. The SMILES string of the molecule is CC(=O)/C(=N/N=C(\C=C(/C)C#N)CC(C)C)C(=O)OCC1C=CC=CC1. The van der Waals surface area contributed by atoms with E-state index in [1.807, 2.05) is 44.2 Å². The first kappa shape index (κ1) is 21.2. The number of hydrogen-bond donors (Lipinski definition) is 0. The van der Waals surface area contributed by atoms with E-state index < -0.39 is 11.8 Å². The molecule has 26 heavy (non-hydrogen) atoms. The number of allylic oxidation sites excluding steroid dienone is 5. The fraction of sp³-hybridized carbons (Fsp3) is 0.450. The van der Waals surface area contributed by atoms with Gasteiger partial charge in [0.15, 0.2) is 5.78 Å². The second-order valence-corrected chi connectivity index (χ2v) is 6.54. The molecule has 0 bridgehead atoms. The monoisotopic (exact) mass is 355 g/mol. The van der Waals surface area contributed by atoms with Gasteiger partial charge in [0, 0.05) is 18.4 Å². The molecule has 1 rings (SSSR count). The van der Waals surface area contributed by atoms with Crippen LogP contribution in [0.3, 0.4) is 0 Å². The lowest BCUT2D eigenvalue weighted by Crippen LogP contribution is -2.26. The van der Waals surface area contributed by atoms with E-state index in [1.54, 1.807) is 13.0 Å². The Morgan fingerprint density at radius 3 is 2.58 bits per heavy atom. The van der Waals surface area contributed by atoms with Crippen LogP contribution in [0.5, 0.6) is 0 Å². The van der Waals surface area contributed by atoms with Gasteiger partial charge in [0.2, 0.25) is 5.71 Å². The summed E-state index contributed by atoms with van der Waals surface area (Å²) >= 11 is 0. The summed E-state index contributed by atoms with van der Waals surface area (Å²) in [5, 5.41) is 16.8. The van der Waals surface area contributed by atoms with Crippen molar-refractivity contribution in [1.82, 2.24) is 0 Å². The topological polar surface area (TPSA) is 91.9 Å². The minimum Gasteiger partial charge on any atom is -0.460 e. The fourth-order valence-corrected chi connectivity index (χ4v) is 2.20. The second-order valence-electron chi connectivity index (χ2n) is 6.54. The van der Waals surface area contributed by atoms with Crippen LogP contribution >= 0.6 is 0 Å². The highest BCUT2D eigenvalue weighted by Crippen LogP contribution is 2.12. The largest absolute Gasteiger partial charge is 0.460 e. The Kier molecular flexibility index (Phi) is 8.93. The van der Waals surface area contributed by atoms with Gasteiger partial charge < -0.3 is 4.74 Å². The van der Waals surface area contributed by atoms with Crippen molar-refractivity contribution < 1.29 is 14.3 Å². The maximum atomic E-state index is 12.2. The zero-order valence-corrected chi connectivity index (χ0v) is 15.7. The van der Waals surface area contributed by atoms with Gasteiger partial charge in [-0.25, -0.2) is 4.79 Å². The second kappa shape index (κ2) is 10.9. The fourth-order valence-electron chi connectivity index (χ4n) is 2.20. The first-order valence-corrected chi connectivity index (χ1v) is 8.57. The summed E-state index contributed by atoms with van der Waals surface area (Å²) in [7, 11) is 0. The van der Waals surface area contributed by atoms with Crippen molar-refractivity contribution in [3.63, 3.8) is 0 Å². The van der Waals surface area contributed by atoms with E-state index in [2.05, 4.69) is 10.2 Å². The van der Waals surface area contributed by atoms with E-state index >= 15 is 0 Å². The standard InChI is InChI=1S/C20H25N3O3/c1-14(2)10-18(11-15(3)12-21)22-23-19(16(4)24)20(25)26-13-17-8-6-5-7-9-17/h5-8,11,14,17H,9-10,13H2,1-4H3/b15-11+,22-18-,23-19-. The maximum absolute atomic E-state index is 12.2. The van der Waals surface area contributed by atoms with E-state index in [1.165, 1.54) is 6.92 Å². The third-order valence-electron chi connectivity index (χ3n) is 3.48. The van der Waals surface area contributed by atoms with Crippen molar-refractivity contribution in [3.8, 4) is 6.07 Å². The average molecular weight is 355 g/mol.